The molecule has 1 rings (SSSR count). The van der Waals surface area contributed by atoms with E-state index in [1.807, 2.05) is 0 Å². The summed E-state index contributed by atoms with van der Waals surface area (Å²) in [6, 6.07) is 2.71. The molecule has 0 atom stereocenters. The highest BCUT2D eigenvalue weighted by atomic mass is 19.1. The maximum absolute atomic E-state index is 13.4. The maximum atomic E-state index is 13.4. The third kappa shape index (κ3) is 4.25. The Kier molecular flexibility index (Phi) is 5.81. The predicted octanol–water partition coefficient (Wildman–Crippen LogP) is 4.81. The minimum atomic E-state index is -0.622. The lowest BCUT2D eigenvalue weighted by atomic mass is 10.0. The van der Waals surface area contributed by atoms with E-state index in [4.69, 9.17) is 0 Å². The average Bonchev–Trinajstić information content (AvgIpc) is 2.28. The van der Waals surface area contributed by atoms with E-state index in [9.17, 15) is 8.78 Å². The van der Waals surface area contributed by atoms with E-state index in [2.05, 4.69) is 18.6 Å². The molecule has 0 aliphatic carbocycles. The Bertz CT molecular complexity index is 351. The van der Waals surface area contributed by atoms with E-state index in [1.54, 1.807) is 0 Å². The van der Waals surface area contributed by atoms with Crippen LogP contribution < -0.4 is 0 Å². The van der Waals surface area contributed by atoms with E-state index in [-0.39, 0.29) is 5.69 Å². The first-order valence-corrected chi connectivity index (χ1v) is 6.13. The van der Waals surface area contributed by atoms with Gasteiger partial charge in [-0.3, -0.25) is 4.99 Å². The molecule has 0 saturated heterocycles. The van der Waals surface area contributed by atoms with Gasteiger partial charge in [0, 0.05) is 0 Å². The van der Waals surface area contributed by atoms with Crippen molar-refractivity contribution in [2.24, 2.45) is 4.99 Å². The lowest BCUT2D eigenvalue weighted by Crippen LogP contribution is -1.91. The van der Waals surface area contributed by atoms with Gasteiger partial charge in [0.25, 0.3) is 0 Å². The smallest absolute Gasteiger partial charge is 0.152 e. The molecule has 0 fully saturated rings. The fraction of sp³-hybridized carbons (Fsp3) is 0.500. The molecule has 17 heavy (non-hydrogen) atoms. The van der Waals surface area contributed by atoms with Crippen LogP contribution in [0, 0.1) is 11.6 Å². The minimum Gasteiger partial charge on any atom is -0.258 e. The zero-order valence-corrected chi connectivity index (χ0v) is 10.3. The van der Waals surface area contributed by atoms with E-state index < -0.39 is 11.6 Å². The van der Waals surface area contributed by atoms with Crippen LogP contribution in [0.15, 0.2) is 17.1 Å². The fourth-order valence-electron chi connectivity index (χ4n) is 1.85. The summed E-state index contributed by atoms with van der Waals surface area (Å²) in [5.74, 6) is -1.24. The van der Waals surface area contributed by atoms with Gasteiger partial charge in [0.15, 0.2) is 11.6 Å². The van der Waals surface area contributed by atoms with Crippen molar-refractivity contribution in [2.75, 3.05) is 0 Å². The van der Waals surface area contributed by atoms with Gasteiger partial charge >= 0.3 is 0 Å². The first-order chi connectivity index (χ1) is 8.19. The number of aryl methyl sites for hydroxylation is 1. The summed E-state index contributed by atoms with van der Waals surface area (Å²) >= 11 is 0. The molecular weight excluding hydrogens is 220 g/mol. The minimum absolute atomic E-state index is 0.278. The summed E-state index contributed by atoms with van der Waals surface area (Å²) in [6.07, 6.45) is 6.41. The molecule has 0 aromatic heterocycles. The van der Waals surface area contributed by atoms with Gasteiger partial charge in [-0.2, -0.15) is 0 Å². The summed E-state index contributed by atoms with van der Waals surface area (Å²) in [7, 11) is 0. The van der Waals surface area contributed by atoms with Gasteiger partial charge in [0.1, 0.15) is 5.69 Å². The van der Waals surface area contributed by atoms with Crippen molar-refractivity contribution in [3.05, 3.63) is 29.3 Å². The van der Waals surface area contributed by atoms with Gasteiger partial charge < -0.3 is 0 Å². The van der Waals surface area contributed by atoms with Gasteiger partial charge in [0.05, 0.1) is 0 Å². The van der Waals surface area contributed by atoms with Crippen molar-refractivity contribution in [2.45, 2.75) is 45.4 Å². The highest BCUT2D eigenvalue weighted by Gasteiger charge is 2.09. The van der Waals surface area contributed by atoms with Crippen LogP contribution in [0.3, 0.4) is 0 Å². The Hall–Kier alpha value is -1.25. The van der Waals surface area contributed by atoms with Crippen LogP contribution in [0.4, 0.5) is 14.5 Å². The van der Waals surface area contributed by atoms with Crippen molar-refractivity contribution in [3.63, 3.8) is 0 Å². The van der Waals surface area contributed by atoms with Crippen LogP contribution in [-0.2, 0) is 6.42 Å². The SMILES string of the molecule is C=Nc1c(F)cc(CCCCCCC)cc1F. The number of rotatable bonds is 7. The van der Waals surface area contributed by atoms with Crippen LogP contribution in [0.2, 0.25) is 0 Å². The predicted molar refractivity (Wildman–Crippen MR) is 68.0 cm³/mol. The van der Waals surface area contributed by atoms with Crippen LogP contribution >= 0.6 is 0 Å². The third-order valence-corrected chi connectivity index (χ3v) is 2.80. The summed E-state index contributed by atoms with van der Waals surface area (Å²) in [5.41, 5.74) is 0.420. The Morgan fingerprint density at radius 3 is 2.18 bits per heavy atom. The molecule has 0 bridgehead atoms. The highest BCUT2D eigenvalue weighted by molar-refractivity contribution is 5.48. The second-order valence-corrected chi connectivity index (χ2v) is 4.23. The number of unbranched alkanes of at least 4 members (excludes halogenated alkanes) is 4. The fourth-order valence-corrected chi connectivity index (χ4v) is 1.85. The molecule has 0 amide bonds. The van der Waals surface area contributed by atoms with Gasteiger partial charge in [-0.25, -0.2) is 8.78 Å². The van der Waals surface area contributed by atoms with Crippen LogP contribution in [0.5, 0.6) is 0 Å². The van der Waals surface area contributed by atoms with E-state index >= 15 is 0 Å². The molecule has 0 N–H and O–H groups in total. The topological polar surface area (TPSA) is 12.4 Å². The molecule has 0 radical (unpaired) electrons. The first kappa shape index (κ1) is 13.8. The van der Waals surface area contributed by atoms with Gasteiger partial charge in [-0.1, -0.05) is 32.6 Å². The second-order valence-electron chi connectivity index (χ2n) is 4.23. The van der Waals surface area contributed by atoms with Gasteiger partial charge in [-0.15, -0.1) is 0 Å². The Morgan fingerprint density at radius 1 is 1.06 bits per heavy atom. The number of hydrogen-bond donors (Lipinski definition) is 0. The largest absolute Gasteiger partial charge is 0.258 e. The first-order valence-electron chi connectivity index (χ1n) is 6.13. The number of nitrogens with zero attached hydrogens (tertiary/aromatic N) is 1. The second kappa shape index (κ2) is 7.15. The van der Waals surface area contributed by atoms with E-state index in [1.165, 1.54) is 31.4 Å². The molecule has 1 nitrogen and oxygen atoms in total. The highest BCUT2D eigenvalue weighted by Crippen LogP contribution is 2.24. The zero-order chi connectivity index (χ0) is 12.7. The average molecular weight is 239 g/mol. The van der Waals surface area contributed by atoms with Crippen molar-refractivity contribution < 1.29 is 8.78 Å². The van der Waals surface area contributed by atoms with Crippen molar-refractivity contribution in [3.8, 4) is 0 Å². The summed E-state index contributed by atoms with van der Waals surface area (Å²) in [4.78, 5) is 3.33. The Labute approximate surface area is 102 Å². The third-order valence-electron chi connectivity index (χ3n) is 2.80. The maximum Gasteiger partial charge on any atom is 0.152 e. The molecule has 1 aromatic carbocycles. The standard InChI is InChI=1S/C14H19F2N/c1-3-4-5-6-7-8-11-9-12(15)14(17-2)13(16)10-11/h9-10H,2-8H2,1H3. The van der Waals surface area contributed by atoms with Crippen molar-refractivity contribution >= 4 is 12.4 Å². The van der Waals surface area contributed by atoms with Crippen molar-refractivity contribution in [1.82, 2.24) is 0 Å². The molecule has 3 heteroatoms. The molecular formula is C14H19F2N. The normalized spacial score (nSPS) is 10.5. The number of halogens is 2. The van der Waals surface area contributed by atoms with Crippen LogP contribution in [-0.4, -0.2) is 6.72 Å². The molecule has 94 valence electrons. The monoisotopic (exact) mass is 239 g/mol. The lowest BCUT2D eigenvalue weighted by molar-refractivity contribution is 0.580. The van der Waals surface area contributed by atoms with Gasteiger partial charge in [0.2, 0.25) is 0 Å². The number of hydrogen-bond acceptors (Lipinski definition) is 1. The van der Waals surface area contributed by atoms with E-state index in [0.29, 0.717) is 5.56 Å². The van der Waals surface area contributed by atoms with Crippen LogP contribution in [0.25, 0.3) is 0 Å². The molecule has 1 aromatic rings. The molecule has 0 aliphatic heterocycles. The zero-order valence-electron chi connectivity index (χ0n) is 10.3. The summed E-state index contributed by atoms with van der Waals surface area (Å²) in [6.45, 7) is 5.31. The summed E-state index contributed by atoms with van der Waals surface area (Å²) in [5, 5.41) is 0. The number of benzene rings is 1. The molecule has 0 spiro atoms. The van der Waals surface area contributed by atoms with Gasteiger partial charge in [-0.05, 0) is 37.3 Å². The quantitative estimate of drug-likeness (QED) is 0.478. The summed E-state index contributed by atoms with van der Waals surface area (Å²) < 4.78 is 26.7. The molecule has 0 unspecified atom stereocenters. The molecule has 0 aliphatic rings. The molecule has 0 heterocycles. The van der Waals surface area contributed by atoms with Crippen molar-refractivity contribution in [1.29, 1.82) is 0 Å². The van der Waals surface area contributed by atoms with E-state index in [0.717, 1.165) is 19.3 Å². The Balaban J connectivity index is 2.52. The number of aliphatic imine (C=N–C) groups is 1. The molecule has 0 saturated carbocycles. The lowest BCUT2D eigenvalue weighted by Gasteiger charge is -2.04. The van der Waals surface area contributed by atoms with Crippen LogP contribution in [0.1, 0.15) is 44.6 Å². The Morgan fingerprint density at radius 2 is 1.65 bits per heavy atom.